The first-order chi connectivity index (χ1) is 23.8. The number of morpholine rings is 1. The zero-order valence-electron chi connectivity index (χ0n) is 27.8. The number of nitrogens with one attached hydrogen (secondary N) is 3. The number of urea groups is 1. The molecule has 1 fully saturated rings. The van der Waals surface area contributed by atoms with Crippen molar-refractivity contribution >= 4 is 29.4 Å². The lowest BCUT2D eigenvalue weighted by molar-refractivity contribution is -0.118. The highest BCUT2D eigenvalue weighted by molar-refractivity contribution is 5.98. The summed E-state index contributed by atoms with van der Waals surface area (Å²) in [6.45, 7) is 3.68. The molecular formula is C39H45N5O5. The first-order valence-electron chi connectivity index (χ1n) is 16.8. The quantitative estimate of drug-likeness (QED) is 0.113. The zero-order chi connectivity index (χ0) is 34.6. The molecule has 0 bridgehead atoms. The number of hydrogen-bond acceptors (Lipinski definition) is 5. The van der Waals surface area contributed by atoms with E-state index in [0.717, 1.165) is 47.2 Å². The summed E-state index contributed by atoms with van der Waals surface area (Å²) in [5.74, 6) is -0.979. The molecule has 0 radical (unpaired) electrons. The monoisotopic (exact) mass is 663 g/mol. The number of primary amides is 1. The second-order valence-corrected chi connectivity index (χ2v) is 12.2. The highest BCUT2D eigenvalue weighted by atomic mass is 16.5. The Kier molecular flexibility index (Phi) is 12.4. The molecule has 1 aliphatic rings. The molecule has 5 rings (SSSR count). The van der Waals surface area contributed by atoms with Gasteiger partial charge in [0, 0.05) is 36.4 Å². The number of ether oxygens (including phenoxy) is 1. The number of hydrogen-bond donors (Lipinski definition) is 5. The molecule has 10 nitrogen and oxygen atoms in total. The molecule has 0 unspecified atom stereocenters. The number of nitrogens with two attached hydrogens (primary N) is 1. The molecule has 3 atom stereocenters. The number of rotatable bonds is 14. The predicted octanol–water partition coefficient (Wildman–Crippen LogP) is 5.92. The molecule has 6 N–H and O–H groups in total. The summed E-state index contributed by atoms with van der Waals surface area (Å²) in [4.78, 5) is 39.4. The van der Waals surface area contributed by atoms with Crippen LogP contribution in [0.3, 0.4) is 0 Å². The molecule has 1 aliphatic heterocycles. The maximum atomic E-state index is 13.9. The van der Waals surface area contributed by atoms with Crippen molar-refractivity contribution < 1.29 is 24.2 Å². The van der Waals surface area contributed by atoms with Gasteiger partial charge in [-0.2, -0.15) is 0 Å². The van der Waals surface area contributed by atoms with Crippen LogP contribution in [0, 0.1) is 0 Å². The molecule has 1 heterocycles. The minimum atomic E-state index is -1.27. The van der Waals surface area contributed by atoms with E-state index in [1.165, 1.54) is 0 Å². The maximum absolute atomic E-state index is 13.9. The van der Waals surface area contributed by atoms with E-state index >= 15 is 0 Å². The van der Waals surface area contributed by atoms with E-state index in [1.54, 1.807) is 4.90 Å². The van der Waals surface area contributed by atoms with Gasteiger partial charge >= 0.3 is 12.1 Å². The maximum Gasteiger partial charge on any atom is 0.405 e. The average molecular weight is 664 g/mol. The van der Waals surface area contributed by atoms with Gasteiger partial charge in [0.25, 0.3) is 0 Å². The normalized spacial score (nSPS) is 16.4. The van der Waals surface area contributed by atoms with E-state index in [4.69, 9.17) is 10.5 Å². The number of benzene rings is 4. The summed E-state index contributed by atoms with van der Waals surface area (Å²) in [5, 5.41) is 18.9. The molecule has 4 aromatic rings. The van der Waals surface area contributed by atoms with Crippen molar-refractivity contribution in [1.29, 1.82) is 0 Å². The lowest BCUT2D eigenvalue weighted by Crippen LogP contribution is -2.47. The van der Waals surface area contributed by atoms with Crippen LogP contribution in [-0.2, 0) is 22.4 Å². The molecule has 49 heavy (non-hydrogen) atoms. The molecule has 4 aromatic carbocycles. The fraction of sp³-hybridized carbons (Fsp3) is 0.308. The van der Waals surface area contributed by atoms with E-state index in [0.29, 0.717) is 31.8 Å². The van der Waals surface area contributed by atoms with Crippen molar-refractivity contribution in [2.75, 3.05) is 29.9 Å². The van der Waals surface area contributed by atoms with Crippen molar-refractivity contribution in [2.45, 2.75) is 56.7 Å². The molecule has 1 saturated heterocycles. The van der Waals surface area contributed by atoms with Gasteiger partial charge < -0.3 is 31.5 Å². The van der Waals surface area contributed by atoms with Gasteiger partial charge in [-0.15, -0.1) is 0 Å². The van der Waals surface area contributed by atoms with Crippen LogP contribution >= 0.6 is 0 Å². The SMILES string of the molecule is CCN(C(N)=O)c1ccccc1CC[C@@H]1CO[C@H](CCc2ccccc2NC(=O)[C@@H](NC(=O)O)C(c2ccccc2)c2ccccc2)CN1. The third kappa shape index (κ3) is 9.46. The lowest BCUT2D eigenvalue weighted by atomic mass is 9.84. The Morgan fingerprint density at radius 2 is 1.45 bits per heavy atom. The van der Waals surface area contributed by atoms with Crippen LogP contribution in [-0.4, -0.2) is 61.0 Å². The first kappa shape index (κ1) is 35.1. The number of carbonyl (C=O) groups excluding carboxylic acids is 2. The number of carboxylic acid groups (broad SMARTS) is 1. The van der Waals surface area contributed by atoms with Crippen LogP contribution in [0.4, 0.5) is 21.0 Å². The van der Waals surface area contributed by atoms with Gasteiger partial charge in [0.1, 0.15) is 6.04 Å². The summed E-state index contributed by atoms with van der Waals surface area (Å²) < 4.78 is 6.26. The minimum Gasteiger partial charge on any atom is -0.465 e. The molecule has 0 saturated carbocycles. The van der Waals surface area contributed by atoms with E-state index < -0.39 is 30.0 Å². The highest BCUT2D eigenvalue weighted by Crippen LogP contribution is 2.30. The number of anilines is 2. The minimum absolute atomic E-state index is 0.000273. The fourth-order valence-electron chi connectivity index (χ4n) is 6.52. The number of amides is 4. The number of para-hydroxylation sites is 2. The fourth-order valence-corrected chi connectivity index (χ4v) is 6.52. The van der Waals surface area contributed by atoms with Crippen LogP contribution in [0.1, 0.15) is 47.9 Å². The van der Waals surface area contributed by atoms with Crippen LogP contribution in [0.25, 0.3) is 0 Å². The topological polar surface area (TPSA) is 146 Å². The lowest BCUT2D eigenvalue weighted by Gasteiger charge is -2.31. The molecule has 0 aliphatic carbocycles. The van der Waals surface area contributed by atoms with Crippen LogP contribution in [0.2, 0.25) is 0 Å². The van der Waals surface area contributed by atoms with E-state index in [9.17, 15) is 19.5 Å². The number of nitrogens with zero attached hydrogens (tertiary/aromatic N) is 1. The highest BCUT2D eigenvalue weighted by Gasteiger charge is 2.33. The number of aryl methyl sites for hydroxylation is 2. The molecule has 10 heteroatoms. The zero-order valence-corrected chi connectivity index (χ0v) is 27.8. The third-order valence-corrected chi connectivity index (χ3v) is 9.02. The average Bonchev–Trinajstić information content (AvgIpc) is 3.12. The molecule has 0 aromatic heterocycles. The van der Waals surface area contributed by atoms with Gasteiger partial charge in [0.05, 0.1) is 12.7 Å². The van der Waals surface area contributed by atoms with Gasteiger partial charge in [0.2, 0.25) is 5.91 Å². The van der Waals surface area contributed by atoms with Crippen LogP contribution < -0.4 is 26.6 Å². The second-order valence-electron chi connectivity index (χ2n) is 12.2. The Hall–Kier alpha value is -5.19. The Balaban J connectivity index is 1.20. The summed E-state index contributed by atoms with van der Waals surface area (Å²) in [5.41, 5.74) is 10.8. The largest absolute Gasteiger partial charge is 0.465 e. The Morgan fingerprint density at radius 3 is 2.04 bits per heavy atom. The smallest absolute Gasteiger partial charge is 0.405 e. The molecule has 256 valence electrons. The number of carbonyl (C=O) groups is 3. The summed E-state index contributed by atoms with van der Waals surface area (Å²) >= 11 is 0. The summed E-state index contributed by atoms with van der Waals surface area (Å²) in [7, 11) is 0. The first-order valence-corrected chi connectivity index (χ1v) is 16.8. The van der Waals surface area contributed by atoms with Crippen molar-refractivity contribution in [3.63, 3.8) is 0 Å². The van der Waals surface area contributed by atoms with Gasteiger partial charge in [-0.1, -0.05) is 97.1 Å². The Labute approximate surface area is 287 Å². The van der Waals surface area contributed by atoms with Crippen molar-refractivity contribution in [2.24, 2.45) is 5.73 Å². The summed E-state index contributed by atoms with van der Waals surface area (Å²) in [6, 6.07) is 33.0. The van der Waals surface area contributed by atoms with Gasteiger partial charge in [0.15, 0.2) is 0 Å². The van der Waals surface area contributed by atoms with Crippen molar-refractivity contribution in [3.8, 4) is 0 Å². The van der Waals surface area contributed by atoms with E-state index in [1.807, 2.05) is 116 Å². The third-order valence-electron chi connectivity index (χ3n) is 9.02. The second kappa shape index (κ2) is 17.3. The predicted molar refractivity (Wildman–Crippen MR) is 192 cm³/mol. The van der Waals surface area contributed by atoms with Gasteiger partial charge in [-0.3, -0.25) is 9.69 Å². The van der Waals surface area contributed by atoms with E-state index in [2.05, 4.69) is 16.0 Å². The Bertz CT molecular complexity index is 1640. The molecular weight excluding hydrogens is 618 g/mol. The molecule has 4 amide bonds. The van der Waals surface area contributed by atoms with Crippen LogP contribution in [0.15, 0.2) is 109 Å². The van der Waals surface area contributed by atoms with Crippen LogP contribution in [0.5, 0.6) is 0 Å². The van der Waals surface area contributed by atoms with E-state index in [-0.39, 0.29) is 12.1 Å². The molecule has 0 spiro atoms. The standard InChI is InChI=1S/C39H45N5O5/c1-2-44(38(40)46)34-20-12-10-14-28(34)21-23-31-26-49-32(25-41-31)24-22-27-13-9-11-19-33(27)42-37(45)36(43-39(47)48)35(29-15-5-3-6-16-29)30-17-7-4-8-18-30/h3-20,31-32,35-36,41,43H,2,21-26H2,1H3,(H2,40,46)(H,42,45)(H,47,48)/t31-,32-,36+/m1/s1. The van der Waals surface area contributed by atoms with Crippen molar-refractivity contribution in [3.05, 3.63) is 131 Å². The van der Waals surface area contributed by atoms with Gasteiger partial charge in [-0.05, 0) is 67.0 Å². The van der Waals surface area contributed by atoms with Gasteiger partial charge in [-0.25, -0.2) is 9.59 Å². The summed E-state index contributed by atoms with van der Waals surface area (Å²) in [6.07, 6.45) is 1.77. The van der Waals surface area contributed by atoms with Crippen molar-refractivity contribution in [1.82, 2.24) is 10.6 Å². The Morgan fingerprint density at radius 1 is 0.857 bits per heavy atom.